The van der Waals surface area contributed by atoms with Crippen LogP contribution in [0.4, 0.5) is 8.78 Å². The van der Waals surface area contributed by atoms with E-state index >= 15 is 0 Å². The van der Waals surface area contributed by atoms with E-state index in [1.807, 2.05) is 27.7 Å². The van der Waals surface area contributed by atoms with Gasteiger partial charge in [0.25, 0.3) is 0 Å². The zero-order chi connectivity index (χ0) is 17.5. The molecule has 1 aliphatic rings. The summed E-state index contributed by atoms with van der Waals surface area (Å²) in [6.45, 7) is 7.33. The molecule has 0 radical (unpaired) electrons. The van der Waals surface area contributed by atoms with Crippen molar-refractivity contribution in [2.24, 2.45) is 0 Å². The summed E-state index contributed by atoms with van der Waals surface area (Å²) in [7, 11) is -1.15. The highest BCUT2D eigenvalue weighted by Gasteiger charge is 2.53. The van der Waals surface area contributed by atoms with Gasteiger partial charge in [0, 0.05) is 11.1 Å². The summed E-state index contributed by atoms with van der Waals surface area (Å²) in [5.41, 5.74) is -0.323. The normalized spacial score (nSPS) is 19.8. The van der Waals surface area contributed by atoms with Gasteiger partial charge in [-0.1, -0.05) is 6.07 Å². The summed E-state index contributed by atoms with van der Waals surface area (Å²) in [6, 6.07) is 6.23. The highest BCUT2D eigenvalue weighted by molar-refractivity contribution is 6.54. The van der Waals surface area contributed by atoms with Gasteiger partial charge >= 0.3 is 7.12 Å². The molecular weight excluding hydrogens is 313 g/mol. The predicted octanol–water partition coefficient (Wildman–Crippen LogP) is 5.03. The molecule has 1 aromatic carbocycles. The summed E-state index contributed by atoms with van der Waals surface area (Å²) in [6.07, 6.45) is 4.19. The minimum Gasteiger partial charge on any atom is -0.472 e. The van der Waals surface area contributed by atoms with Crippen LogP contribution in [-0.2, 0) is 9.31 Å². The van der Waals surface area contributed by atoms with Crippen LogP contribution in [0.2, 0.25) is 0 Å². The molecule has 0 aliphatic carbocycles. The quantitative estimate of drug-likeness (QED) is 0.739. The van der Waals surface area contributed by atoms with Crippen molar-refractivity contribution in [2.75, 3.05) is 0 Å². The Bertz CT molecular complexity index is 751. The maximum Gasteiger partial charge on any atom is 0.525 e. The van der Waals surface area contributed by atoms with Crippen molar-refractivity contribution in [3.63, 3.8) is 0 Å². The van der Waals surface area contributed by atoms with E-state index in [9.17, 15) is 8.78 Å². The minimum atomic E-state index is -1.15. The van der Waals surface area contributed by atoms with E-state index in [1.165, 1.54) is 12.3 Å². The molecule has 0 amide bonds. The van der Waals surface area contributed by atoms with Gasteiger partial charge in [-0.05, 0) is 57.5 Å². The monoisotopic (exact) mass is 332 g/mol. The molecule has 1 aromatic heterocycles. The van der Waals surface area contributed by atoms with Crippen LogP contribution in [0, 0.1) is 5.82 Å². The Balaban J connectivity index is 1.90. The highest BCUT2D eigenvalue weighted by atomic mass is 19.1. The van der Waals surface area contributed by atoms with E-state index in [0.717, 1.165) is 17.2 Å². The van der Waals surface area contributed by atoms with Gasteiger partial charge in [-0.3, -0.25) is 0 Å². The topological polar surface area (TPSA) is 31.6 Å². The smallest absolute Gasteiger partial charge is 0.472 e. The molecule has 24 heavy (non-hydrogen) atoms. The number of hydrogen-bond donors (Lipinski definition) is 0. The third-order valence-corrected chi connectivity index (χ3v) is 4.62. The van der Waals surface area contributed by atoms with Gasteiger partial charge in [-0.2, -0.15) is 0 Å². The Morgan fingerprint density at radius 3 is 2.29 bits per heavy atom. The van der Waals surface area contributed by atoms with E-state index in [1.54, 1.807) is 24.5 Å². The first-order valence-corrected chi connectivity index (χ1v) is 7.74. The first kappa shape index (κ1) is 16.9. The van der Waals surface area contributed by atoms with E-state index in [4.69, 9.17) is 13.7 Å². The fourth-order valence-electron chi connectivity index (χ4n) is 2.43. The van der Waals surface area contributed by atoms with Crippen LogP contribution in [0.15, 0.2) is 46.9 Å². The lowest BCUT2D eigenvalue weighted by Gasteiger charge is -2.32. The molecular formula is C18H19BF2O3. The van der Waals surface area contributed by atoms with Gasteiger partial charge in [0.15, 0.2) is 0 Å². The standard InChI is InChI=1S/C18H19BF2O3/c1-17(2)18(3,4)24-19(23-17)16(21)10-14-9-12(5-6-15(14)20)13-7-8-22-11-13/h5-11H,1-4H3. The van der Waals surface area contributed by atoms with Crippen LogP contribution in [0.3, 0.4) is 0 Å². The molecule has 0 saturated carbocycles. The zero-order valence-electron chi connectivity index (χ0n) is 14.1. The summed E-state index contributed by atoms with van der Waals surface area (Å²) in [5, 5.41) is 0. The molecule has 1 saturated heterocycles. The lowest BCUT2D eigenvalue weighted by molar-refractivity contribution is 0.00578. The summed E-state index contributed by atoms with van der Waals surface area (Å²) in [5.74, 6) is -0.520. The maximum atomic E-state index is 14.6. The molecule has 126 valence electrons. The van der Waals surface area contributed by atoms with Gasteiger partial charge in [-0.15, -0.1) is 0 Å². The Kier molecular flexibility index (Phi) is 4.14. The van der Waals surface area contributed by atoms with E-state index in [0.29, 0.717) is 0 Å². The predicted molar refractivity (Wildman–Crippen MR) is 89.3 cm³/mol. The third kappa shape index (κ3) is 3.04. The van der Waals surface area contributed by atoms with Crippen LogP contribution in [0.1, 0.15) is 33.3 Å². The van der Waals surface area contributed by atoms with Crippen LogP contribution < -0.4 is 0 Å². The van der Waals surface area contributed by atoms with Crippen molar-refractivity contribution in [3.05, 3.63) is 53.9 Å². The third-order valence-electron chi connectivity index (χ3n) is 4.62. The molecule has 2 heterocycles. The zero-order valence-corrected chi connectivity index (χ0v) is 14.1. The van der Waals surface area contributed by atoms with E-state index in [-0.39, 0.29) is 5.56 Å². The lowest BCUT2D eigenvalue weighted by Crippen LogP contribution is -2.41. The van der Waals surface area contributed by atoms with Crippen molar-refractivity contribution in [2.45, 2.75) is 38.9 Å². The van der Waals surface area contributed by atoms with E-state index < -0.39 is 29.9 Å². The molecule has 0 N–H and O–H groups in total. The van der Waals surface area contributed by atoms with Gasteiger partial charge in [0.05, 0.1) is 23.7 Å². The Morgan fingerprint density at radius 2 is 1.71 bits per heavy atom. The number of halogens is 2. The molecule has 1 aliphatic heterocycles. The molecule has 1 fully saturated rings. The van der Waals surface area contributed by atoms with Crippen LogP contribution in [0.5, 0.6) is 0 Å². The second kappa shape index (κ2) is 5.86. The lowest BCUT2D eigenvalue weighted by atomic mass is 9.86. The molecule has 0 atom stereocenters. The van der Waals surface area contributed by atoms with Crippen LogP contribution in [0.25, 0.3) is 17.2 Å². The Morgan fingerprint density at radius 1 is 1.04 bits per heavy atom. The number of rotatable bonds is 3. The second-order valence-electron chi connectivity index (χ2n) is 6.87. The number of furan rings is 1. The fraction of sp³-hybridized carbons (Fsp3) is 0.333. The number of benzene rings is 1. The molecule has 0 spiro atoms. The van der Waals surface area contributed by atoms with Crippen LogP contribution >= 0.6 is 0 Å². The average Bonchev–Trinajstić information content (AvgIpc) is 3.08. The van der Waals surface area contributed by atoms with Crippen molar-refractivity contribution in [1.82, 2.24) is 0 Å². The Hall–Kier alpha value is -1.92. The van der Waals surface area contributed by atoms with Gasteiger partial charge in [0.1, 0.15) is 11.5 Å². The van der Waals surface area contributed by atoms with E-state index in [2.05, 4.69) is 0 Å². The molecule has 2 aromatic rings. The van der Waals surface area contributed by atoms with Crippen molar-refractivity contribution < 1.29 is 22.5 Å². The first-order chi connectivity index (χ1) is 11.2. The van der Waals surface area contributed by atoms with Crippen molar-refractivity contribution in [3.8, 4) is 11.1 Å². The van der Waals surface area contributed by atoms with Gasteiger partial charge in [0.2, 0.25) is 0 Å². The second-order valence-corrected chi connectivity index (χ2v) is 6.87. The molecule has 3 nitrogen and oxygen atoms in total. The largest absolute Gasteiger partial charge is 0.525 e. The maximum absolute atomic E-state index is 14.6. The summed E-state index contributed by atoms with van der Waals surface area (Å²) in [4.78, 5) is 0. The fourth-order valence-corrected chi connectivity index (χ4v) is 2.43. The van der Waals surface area contributed by atoms with Crippen molar-refractivity contribution >= 4 is 13.2 Å². The first-order valence-electron chi connectivity index (χ1n) is 7.74. The SMILES string of the molecule is CC1(C)OB(C(F)=Cc2cc(-c3ccoc3)ccc2F)OC1(C)C. The molecule has 0 bridgehead atoms. The average molecular weight is 332 g/mol. The number of hydrogen-bond acceptors (Lipinski definition) is 3. The van der Waals surface area contributed by atoms with Gasteiger partial charge in [-0.25, -0.2) is 8.78 Å². The molecule has 3 rings (SSSR count). The molecule has 0 unspecified atom stereocenters. The Labute approximate surface area is 140 Å². The van der Waals surface area contributed by atoms with Gasteiger partial charge < -0.3 is 13.7 Å². The summed E-state index contributed by atoms with van der Waals surface area (Å²) >= 11 is 0. The minimum absolute atomic E-state index is 0.126. The molecule has 6 heteroatoms. The van der Waals surface area contributed by atoms with Crippen LogP contribution in [-0.4, -0.2) is 18.3 Å². The summed E-state index contributed by atoms with van der Waals surface area (Å²) < 4.78 is 44.9. The van der Waals surface area contributed by atoms with Crippen molar-refractivity contribution in [1.29, 1.82) is 0 Å². The highest BCUT2D eigenvalue weighted by Crippen LogP contribution is 2.39.